The minimum absolute atomic E-state index is 0.138. The van der Waals surface area contributed by atoms with Crippen LogP contribution in [-0.2, 0) is 9.53 Å². The predicted molar refractivity (Wildman–Crippen MR) is 121 cm³/mol. The summed E-state index contributed by atoms with van der Waals surface area (Å²) in [6.07, 6.45) is 0. The number of esters is 1. The van der Waals surface area contributed by atoms with Gasteiger partial charge in [-0.2, -0.15) is 4.98 Å². The van der Waals surface area contributed by atoms with Crippen LogP contribution >= 0.6 is 23.2 Å². The molecule has 31 heavy (non-hydrogen) atoms. The molecule has 1 N–H and O–H groups in total. The molecule has 2 heterocycles. The molecular formula is C22H16Cl2N4O3. The Morgan fingerprint density at radius 2 is 1.71 bits per heavy atom. The Bertz CT molecular complexity index is 1350. The normalized spacial score (nSPS) is 10.8. The van der Waals surface area contributed by atoms with Gasteiger partial charge in [-0.1, -0.05) is 53.5 Å². The Labute approximate surface area is 187 Å². The van der Waals surface area contributed by atoms with Gasteiger partial charge in [-0.05, 0) is 24.3 Å². The molecular weight excluding hydrogens is 439 g/mol. The fourth-order valence-corrected chi connectivity index (χ4v) is 3.59. The number of nitrogens with zero attached hydrogens (tertiary/aromatic N) is 3. The minimum Gasteiger partial charge on any atom is -0.468 e. The van der Waals surface area contributed by atoms with E-state index in [4.69, 9.17) is 23.2 Å². The average molecular weight is 455 g/mol. The van der Waals surface area contributed by atoms with Gasteiger partial charge in [-0.15, -0.1) is 0 Å². The zero-order valence-electron chi connectivity index (χ0n) is 16.3. The molecule has 0 unspecified atom stereocenters. The largest absolute Gasteiger partial charge is 0.468 e. The summed E-state index contributed by atoms with van der Waals surface area (Å²) in [6, 6.07) is 17.2. The molecule has 0 bridgehead atoms. The fourth-order valence-electron chi connectivity index (χ4n) is 3.14. The van der Waals surface area contributed by atoms with E-state index in [1.54, 1.807) is 36.4 Å². The van der Waals surface area contributed by atoms with Crippen molar-refractivity contribution in [3.05, 3.63) is 81.1 Å². The second-order valence-corrected chi connectivity index (χ2v) is 7.32. The summed E-state index contributed by atoms with van der Waals surface area (Å²) in [5.74, 6) is -0.348. The van der Waals surface area contributed by atoms with Gasteiger partial charge in [0.25, 0.3) is 5.56 Å². The Kier molecular flexibility index (Phi) is 5.88. The van der Waals surface area contributed by atoms with Crippen molar-refractivity contribution in [2.45, 2.75) is 0 Å². The number of rotatable bonds is 5. The highest BCUT2D eigenvalue weighted by Crippen LogP contribution is 2.33. The van der Waals surface area contributed by atoms with Crippen LogP contribution < -0.4 is 10.9 Å². The van der Waals surface area contributed by atoms with Gasteiger partial charge in [0, 0.05) is 22.0 Å². The molecule has 0 atom stereocenters. The van der Waals surface area contributed by atoms with Crippen molar-refractivity contribution in [2.24, 2.45) is 0 Å². The molecule has 2 aromatic heterocycles. The van der Waals surface area contributed by atoms with Crippen LogP contribution in [-0.4, -0.2) is 34.2 Å². The van der Waals surface area contributed by atoms with E-state index < -0.39 is 5.97 Å². The average Bonchev–Trinajstić information content (AvgIpc) is 2.78. The van der Waals surface area contributed by atoms with Crippen LogP contribution in [0.3, 0.4) is 0 Å². The minimum atomic E-state index is -0.487. The van der Waals surface area contributed by atoms with Crippen LogP contribution in [0.15, 0.2) is 65.5 Å². The number of carbonyl (C=O) groups is 1. The van der Waals surface area contributed by atoms with Gasteiger partial charge in [-0.25, -0.2) is 4.98 Å². The first-order valence-electron chi connectivity index (χ1n) is 9.24. The number of aromatic nitrogens is 3. The molecule has 0 aliphatic heterocycles. The summed E-state index contributed by atoms with van der Waals surface area (Å²) in [4.78, 5) is 33.5. The topological polar surface area (TPSA) is 86.1 Å². The molecule has 0 amide bonds. The highest BCUT2D eigenvalue weighted by Gasteiger charge is 2.18. The van der Waals surface area contributed by atoms with E-state index in [0.717, 1.165) is 0 Å². The standard InChI is InChI=1S/C22H16Cl2N4O3/c1-31-19(30)12-25-22-26-20(13-6-2-3-7-15(13)23)14-10-11-18(29)28(21(14)27-22)17-9-5-4-8-16(17)24/h2-11H,12H2,1H3,(H,25,26,27). The van der Waals surface area contributed by atoms with Gasteiger partial charge in [0.15, 0.2) is 5.65 Å². The number of para-hydroxylation sites is 1. The number of anilines is 1. The number of halogens is 2. The summed E-state index contributed by atoms with van der Waals surface area (Å²) in [5, 5.41) is 4.31. The first kappa shape index (κ1) is 20.8. The van der Waals surface area contributed by atoms with Crippen LogP contribution in [0.5, 0.6) is 0 Å². The molecule has 0 aliphatic rings. The quantitative estimate of drug-likeness (QED) is 0.451. The van der Waals surface area contributed by atoms with Crippen LogP contribution in [0.25, 0.3) is 28.0 Å². The number of methoxy groups -OCH3 is 1. The molecule has 0 saturated heterocycles. The maximum absolute atomic E-state index is 12.8. The van der Waals surface area contributed by atoms with Crippen molar-refractivity contribution in [1.29, 1.82) is 0 Å². The fraction of sp³-hybridized carbons (Fsp3) is 0.0909. The Hall–Kier alpha value is -3.42. The number of fused-ring (bicyclic) bond motifs is 1. The highest BCUT2D eigenvalue weighted by molar-refractivity contribution is 6.33. The molecule has 0 aliphatic carbocycles. The second kappa shape index (κ2) is 8.75. The molecule has 9 heteroatoms. The molecule has 0 fully saturated rings. The van der Waals surface area contributed by atoms with Crippen molar-refractivity contribution in [3.8, 4) is 16.9 Å². The number of hydrogen-bond donors (Lipinski definition) is 1. The van der Waals surface area contributed by atoms with Crippen LogP contribution in [0, 0.1) is 0 Å². The molecule has 0 spiro atoms. The third-order valence-corrected chi connectivity index (χ3v) is 5.24. The van der Waals surface area contributed by atoms with Crippen LogP contribution in [0.1, 0.15) is 0 Å². The monoisotopic (exact) mass is 454 g/mol. The summed E-state index contributed by atoms with van der Waals surface area (Å²) in [7, 11) is 1.29. The lowest BCUT2D eigenvalue weighted by molar-refractivity contribution is -0.138. The highest BCUT2D eigenvalue weighted by atomic mass is 35.5. The number of carbonyl (C=O) groups excluding carboxylic acids is 1. The Balaban J connectivity index is 2.04. The van der Waals surface area contributed by atoms with Gasteiger partial charge in [0.05, 0.1) is 23.5 Å². The molecule has 156 valence electrons. The van der Waals surface area contributed by atoms with Crippen molar-refractivity contribution in [1.82, 2.24) is 14.5 Å². The number of hydrogen-bond acceptors (Lipinski definition) is 6. The van der Waals surface area contributed by atoms with Crippen molar-refractivity contribution < 1.29 is 9.53 Å². The summed E-state index contributed by atoms with van der Waals surface area (Å²) in [5.41, 5.74) is 1.63. The van der Waals surface area contributed by atoms with Crippen LogP contribution in [0.4, 0.5) is 5.95 Å². The SMILES string of the molecule is COC(=O)CNc1nc(-c2ccccc2Cl)c2ccc(=O)n(-c3ccccc3Cl)c2n1. The van der Waals surface area contributed by atoms with E-state index in [2.05, 4.69) is 20.0 Å². The molecule has 4 aromatic rings. The maximum atomic E-state index is 12.8. The summed E-state index contributed by atoms with van der Waals surface area (Å²) < 4.78 is 6.08. The Morgan fingerprint density at radius 3 is 2.42 bits per heavy atom. The number of nitrogens with one attached hydrogen (secondary N) is 1. The molecule has 2 aromatic carbocycles. The molecule has 0 saturated carbocycles. The smallest absolute Gasteiger partial charge is 0.325 e. The van der Waals surface area contributed by atoms with E-state index in [1.165, 1.54) is 17.7 Å². The van der Waals surface area contributed by atoms with Crippen LogP contribution in [0.2, 0.25) is 10.0 Å². The van der Waals surface area contributed by atoms with E-state index >= 15 is 0 Å². The third-order valence-electron chi connectivity index (χ3n) is 4.59. The first-order chi connectivity index (χ1) is 15.0. The van der Waals surface area contributed by atoms with Crippen molar-refractivity contribution in [2.75, 3.05) is 19.0 Å². The molecule has 4 rings (SSSR count). The van der Waals surface area contributed by atoms with Crippen molar-refractivity contribution in [3.63, 3.8) is 0 Å². The number of benzene rings is 2. The first-order valence-corrected chi connectivity index (χ1v) is 9.99. The molecule has 0 radical (unpaired) electrons. The second-order valence-electron chi connectivity index (χ2n) is 6.50. The third kappa shape index (κ3) is 4.10. The predicted octanol–water partition coefficient (Wildman–Crippen LogP) is 4.34. The number of ether oxygens (including phenoxy) is 1. The summed E-state index contributed by atoms with van der Waals surface area (Å²) in [6.45, 7) is -0.146. The molecule has 7 nitrogen and oxygen atoms in total. The van der Waals surface area contributed by atoms with Crippen molar-refractivity contribution >= 4 is 46.2 Å². The van der Waals surface area contributed by atoms with Gasteiger partial charge < -0.3 is 10.1 Å². The lowest BCUT2D eigenvalue weighted by atomic mass is 10.1. The lowest BCUT2D eigenvalue weighted by Crippen LogP contribution is -2.21. The lowest BCUT2D eigenvalue weighted by Gasteiger charge is -2.15. The van der Waals surface area contributed by atoms with Gasteiger partial charge in [0.1, 0.15) is 6.54 Å². The zero-order chi connectivity index (χ0) is 22.0. The van der Waals surface area contributed by atoms with E-state index in [0.29, 0.717) is 38.0 Å². The zero-order valence-corrected chi connectivity index (χ0v) is 17.8. The van der Waals surface area contributed by atoms with E-state index in [9.17, 15) is 9.59 Å². The van der Waals surface area contributed by atoms with E-state index in [-0.39, 0.29) is 18.1 Å². The van der Waals surface area contributed by atoms with Gasteiger partial charge in [0.2, 0.25) is 5.95 Å². The van der Waals surface area contributed by atoms with E-state index in [1.807, 2.05) is 18.2 Å². The van der Waals surface area contributed by atoms with Gasteiger partial charge in [-0.3, -0.25) is 14.2 Å². The summed E-state index contributed by atoms with van der Waals surface area (Å²) >= 11 is 12.8. The number of pyridine rings is 1. The van der Waals surface area contributed by atoms with Gasteiger partial charge >= 0.3 is 5.97 Å². The maximum Gasteiger partial charge on any atom is 0.325 e. The Morgan fingerprint density at radius 1 is 1.00 bits per heavy atom.